The number of piperidine rings is 1. The van der Waals surface area contributed by atoms with Crippen molar-refractivity contribution in [3.8, 4) is 0 Å². The Hall–Kier alpha value is -1.35. The highest BCUT2D eigenvalue weighted by Gasteiger charge is 2.19. The van der Waals surface area contributed by atoms with Crippen molar-refractivity contribution in [3.05, 3.63) is 29.8 Å². The maximum Gasteiger partial charge on any atom is 0.226 e. The molecule has 1 saturated heterocycles. The van der Waals surface area contributed by atoms with E-state index in [1.165, 1.54) is 31.5 Å². The molecule has 1 fully saturated rings. The highest BCUT2D eigenvalue weighted by Crippen LogP contribution is 2.29. The minimum atomic E-state index is 0.161. The molecule has 1 aromatic carbocycles. The average molecular weight is 274 g/mol. The Morgan fingerprint density at radius 1 is 1.20 bits per heavy atom. The Balaban J connectivity index is 2.00. The van der Waals surface area contributed by atoms with E-state index in [1.807, 2.05) is 14.0 Å². The molecule has 2 rings (SSSR count). The van der Waals surface area contributed by atoms with Gasteiger partial charge in [-0.1, -0.05) is 26.0 Å². The lowest BCUT2D eigenvalue weighted by atomic mass is 9.89. The molecule has 0 radical (unpaired) electrons. The summed E-state index contributed by atoms with van der Waals surface area (Å²) in [5, 5.41) is 0. The van der Waals surface area contributed by atoms with Crippen LogP contribution >= 0.6 is 0 Å². The molecular formula is C17H26N2O. The van der Waals surface area contributed by atoms with Crippen molar-refractivity contribution in [2.24, 2.45) is 0 Å². The number of benzene rings is 1. The summed E-state index contributed by atoms with van der Waals surface area (Å²) in [6.07, 6.45) is 3.04. The van der Waals surface area contributed by atoms with Crippen molar-refractivity contribution in [1.29, 1.82) is 0 Å². The Labute approximate surface area is 122 Å². The molecule has 1 aromatic rings. The van der Waals surface area contributed by atoms with Gasteiger partial charge in [0.15, 0.2) is 0 Å². The monoisotopic (exact) mass is 274 g/mol. The van der Waals surface area contributed by atoms with Crippen LogP contribution in [0.5, 0.6) is 0 Å². The fraction of sp³-hybridized carbons (Fsp3) is 0.588. The second-order valence-electron chi connectivity index (χ2n) is 5.61. The van der Waals surface area contributed by atoms with Crippen molar-refractivity contribution < 1.29 is 4.79 Å². The molecule has 1 aliphatic rings. The van der Waals surface area contributed by atoms with Gasteiger partial charge in [0.1, 0.15) is 0 Å². The number of rotatable bonds is 4. The number of anilines is 1. The van der Waals surface area contributed by atoms with Gasteiger partial charge in [-0.2, -0.15) is 0 Å². The summed E-state index contributed by atoms with van der Waals surface area (Å²) in [6.45, 7) is 7.70. The molecule has 20 heavy (non-hydrogen) atoms. The molecule has 3 nitrogen and oxygen atoms in total. The van der Waals surface area contributed by atoms with E-state index in [9.17, 15) is 4.79 Å². The number of carbonyl (C=O) groups is 1. The van der Waals surface area contributed by atoms with Crippen LogP contribution in [0.3, 0.4) is 0 Å². The SMILES string of the molecule is CCC(=O)N(C)c1ccc(C2CCN(CC)CC2)cc1. The number of hydrogen-bond donors (Lipinski definition) is 0. The number of likely N-dealkylation sites (tertiary alicyclic amines) is 1. The highest BCUT2D eigenvalue weighted by molar-refractivity contribution is 5.92. The quantitative estimate of drug-likeness (QED) is 0.841. The standard InChI is InChI=1S/C17H26N2O/c1-4-17(20)18(3)16-8-6-14(7-9-16)15-10-12-19(5-2)13-11-15/h6-9,15H,4-5,10-13H2,1-3H3. The predicted molar refractivity (Wildman–Crippen MR) is 84.2 cm³/mol. The lowest BCUT2D eigenvalue weighted by molar-refractivity contribution is -0.118. The zero-order valence-electron chi connectivity index (χ0n) is 12.9. The molecule has 0 N–H and O–H groups in total. The van der Waals surface area contributed by atoms with Crippen molar-refractivity contribution >= 4 is 11.6 Å². The van der Waals surface area contributed by atoms with Crippen LogP contribution < -0.4 is 4.90 Å². The molecule has 3 heteroatoms. The summed E-state index contributed by atoms with van der Waals surface area (Å²) in [6, 6.07) is 8.55. The first-order valence-corrected chi connectivity index (χ1v) is 7.74. The first-order valence-electron chi connectivity index (χ1n) is 7.74. The van der Waals surface area contributed by atoms with E-state index in [0.717, 1.165) is 12.2 Å². The van der Waals surface area contributed by atoms with Gasteiger partial charge in [0.25, 0.3) is 0 Å². The van der Waals surface area contributed by atoms with Crippen molar-refractivity contribution in [1.82, 2.24) is 4.90 Å². The number of nitrogens with zero attached hydrogens (tertiary/aromatic N) is 2. The molecule has 1 amide bonds. The predicted octanol–water partition coefficient (Wildman–Crippen LogP) is 3.26. The molecule has 1 heterocycles. The van der Waals surface area contributed by atoms with E-state index in [2.05, 4.69) is 36.1 Å². The Bertz CT molecular complexity index is 433. The van der Waals surface area contributed by atoms with Crippen LogP contribution in [0.15, 0.2) is 24.3 Å². The summed E-state index contributed by atoms with van der Waals surface area (Å²) in [7, 11) is 1.85. The van der Waals surface area contributed by atoms with Gasteiger partial charge in [-0.3, -0.25) is 4.79 Å². The third-order valence-electron chi connectivity index (χ3n) is 4.46. The summed E-state index contributed by atoms with van der Waals surface area (Å²) in [5.74, 6) is 0.841. The summed E-state index contributed by atoms with van der Waals surface area (Å²) >= 11 is 0. The van der Waals surface area contributed by atoms with E-state index in [-0.39, 0.29) is 5.91 Å². The van der Waals surface area contributed by atoms with Gasteiger partial charge in [0, 0.05) is 19.2 Å². The third kappa shape index (κ3) is 3.40. The maximum atomic E-state index is 11.7. The zero-order valence-corrected chi connectivity index (χ0v) is 12.9. The van der Waals surface area contributed by atoms with Crippen LogP contribution in [0.1, 0.15) is 44.6 Å². The minimum absolute atomic E-state index is 0.161. The molecule has 0 bridgehead atoms. The molecule has 0 spiro atoms. The van der Waals surface area contributed by atoms with Gasteiger partial charge < -0.3 is 9.80 Å². The van der Waals surface area contributed by atoms with Crippen LogP contribution in [0, 0.1) is 0 Å². The largest absolute Gasteiger partial charge is 0.316 e. The number of amides is 1. The second kappa shape index (κ2) is 6.89. The van der Waals surface area contributed by atoms with E-state index < -0.39 is 0 Å². The van der Waals surface area contributed by atoms with E-state index in [4.69, 9.17) is 0 Å². The van der Waals surface area contributed by atoms with Gasteiger partial charge in [0.2, 0.25) is 5.91 Å². The molecular weight excluding hydrogens is 248 g/mol. The van der Waals surface area contributed by atoms with Crippen molar-refractivity contribution in [2.45, 2.75) is 39.0 Å². The molecule has 0 saturated carbocycles. The Kier molecular flexibility index (Phi) is 5.18. The maximum absolute atomic E-state index is 11.7. The van der Waals surface area contributed by atoms with Gasteiger partial charge in [0.05, 0.1) is 0 Å². The van der Waals surface area contributed by atoms with E-state index in [1.54, 1.807) is 4.90 Å². The summed E-state index contributed by atoms with van der Waals surface area (Å²) in [4.78, 5) is 15.9. The van der Waals surface area contributed by atoms with Gasteiger partial charge >= 0.3 is 0 Å². The Morgan fingerprint density at radius 2 is 1.80 bits per heavy atom. The van der Waals surface area contributed by atoms with Gasteiger partial charge in [-0.25, -0.2) is 0 Å². The molecule has 0 aromatic heterocycles. The molecule has 0 atom stereocenters. The minimum Gasteiger partial charge on any atom is -0.316 e. The zero-order chi connectivity index (χ0) is 14.5. The van der Waals surface area contributed by atoms with Crippen LogP contribution in [0.2, 0.25) is 0 Å². The molecule has 110 valence electrons. The lowest BCUT2D eigenvalue weighted by Crippen LogP contribution is -2.32. The first-order chi connectivity index (χ1) is 9.65. The summed E-state index contributed by atoms with van der Waals surface area (Å²) < 4.78 is 0. The van der Waals surface area contributed by atoms with E-state index >= 15 is 0 Å². The summed E-state index contributed by atoms with van der Waals surface area (Å²) in [5.41, 5.74) is 2.41. The number of hydrogen-bond acceptors (Lipinski definition) is 2. The van der Waals surface area contributed by atoms with E-state index in [0.29, 0.717) is 12.3 Å². The fourth-order valence-electron chi connectivity index (χ4n) is 2.93. The van der Waals surface area contributed by atoms with Crippen LogP contribution in [-0.4, -0.2) is 37.5 Å². The fourth-order valence-corrected chi connectivity index (χ4v) is 2.93. The average Bonchev–Trinajstić information content (AvgIpc) is 2.53. The number of carbonyl (C=O) groups excluding carboxylic acids is 1. The van der Waals surface area contributed by atoms with Crippen molar-refractivity contribution in [3.63, 3.8) is 0 Å². The lowest BCUT2D eigenvalue weighted by Gasteiger charge is -2.31. The van der Waals surface area contributed by atoms with Crippen LogP contribution in [0.25, 0.3) is 0 Å². The van der Waals surface area contributed by atoms with Crippen molar-refractivity contribution in [2.75, 3.05) is 31.6 Å². The second-order valence-corrected chi connectivity index (χ2v) is 5.61. The molecule has 1 aliphatic heterocycles. The van der Waals surface area contributed by atoms with Crippen LogP contribution in [0.4, 0.5) is 5.69 Å². The first kappa shape index (κ1) is 15.0. The van der Waals surface area contributed by atoms with Gasteiger partial charge in [-0.15, -0.1) is 0 Å². The smallest absolute Gasteiger partial charge is 0.226 e. The normalized spacial score (nSPS) is 17.1. The Morgan fingerprint density at radius 3 is 2.30 bits per heavy atom. The van der Waals surface area contributed by atoms with Gasteiger partial charge in [-0.05, 0) is 56.1 Å². The molecule has 0 unspecified atom stereocenters. The topological polar surface area (TPSA) is 23.6 Å². The third-order valence-corrected chi connectivity index (χ3v) is 4.46. The molecule has 0 aliphatic carbocycles. The van der Waals surface area contributed by atoms with Crippen LogP contribution in [-0.2, 0) is 4.79 Å². The highest BCUT2D eigenvalue weighted by atomic mass is 16.2.